The van der Waals surface area contributed by atoms with Gasteiger partial charge in [0.25, 0.3) is 0 Å². The van der Waals surface area contributed by atoms with Gasteiger partial charge in [0.05, 0.1) is 0 Å². The summed E-state index contributed by atoms with van der Waals surface area (Å²) in [6, 6.07) is 7.59. The van der Waals surface area contributed by atoms with Gasteiger partial charge in [-0.2, -0.15) is 0 Å². The Hall–Kier alpha value is -1.97. The molecular formula is C25H37FN2O. The molecule has 0 aliphatic heterocycles. The Balaban J connectivity index is 1.79. The van der Waals surface area contributed by atoms with Gasteiger partial charge in [-0.05, 0) is 55.0 Å². The Morgan fingerprint density at radius 3 is 2.21 bits per heavy atom. The monoisotopic (exact) mass is 400 g/mol. The number of unbranched alkanes of at least 4 members (excludes halogenated alkanes) is 5. The molecular weight excluding hydrogens is 363 g/mol. The van der Waals surface area contributed by atoms with Crippen molar-refractivity contribution in [3.63, 3.8) is 0 Å². The van der Waals surface area contributed by atoms with Crippen LogP contribution in [0.2, 0.25) is 0 Å². The van der Waals surface area contributed by atoms with Crippen molar-refractivity contribution in [2.75, 3.05) is 6.61 Å². The number of benzene rings is 1. The first-order valence-corrected chi connectivity index (χ1v) is 11.3. The third-order valence-corrected chi connectivity index (χ3v) is 5.41. The van der Waals surface area contributed by atoms with E-state index in [4.69, 9.17) is 4.74 Å². The Bertz CT molecular complexity index is 672. The number of hydrogen-bond donors (Lipinski definition) is 0. The molecule has 0 spiro atoms. The minimum absolute atomic E-state index is 0.0301. The fourth-order valence-electron chi connectivity index (χ4n) is 3.42. The molecule has 1 aromatic heterocycles. The van der Waals surface area contributed by atoms with Crippen LogP contribution in [0.15, 0.2) is 36.7 Å². The second kappa shape index (κ2) is 13.3. The summed E-state index contributed by atoms with van der Waals surface area (Å²) in [7, 11) is 0. The van der Waals surface area contributed by atoms with E-state index in [1.165, 1.54) is 44.1 Å². The number of alkyl halides is 1. The van der Waals surface area contributed by atoms with Crippen molar-refractivity contribution >= 4 is 0 Å². The second-order valence-electron chi connectivity index (χ2n) is 8.05. The van der Waals surface area contributed by atoms with Crippen LogP contribution in [0.3, 0.4) is 0 Å². The van der Waals surface area contributed by atoms with E-state index in [-0.39, 0.29) is 12.5 Å². The molecule has 0 saturated carbocycles. The SMILES string of the molecule is CCCCCCCCc1cnc(-c2ccc(OCC(F)C(C)CCC)cc2)nc1. The van der Waals surface area contributed by atoms with Crippen LogP contribution in [0.4, 0.5) is 4.39 Å². The number of halogens is 1. The van der Waals surface area contributed by atoms with E-state index in [0.717, 1.165) is 24.8 Å². The van der Waals surface area contributed by atoms with E-state index in [2.05, 4.69) is 23.8 Å². The highest BCUT2D eigenvalue weighted by Gasteiger charge is 2.16. The second-order valence-corrected chi connectivity index (χ2v) is 8.05. The fraction of sp³-hybridized carbons (Fsp3) is 0.600. The molecule has 0 radical (unpaired) electrons. The van der Waals surface area contributed by atoms with E-state index in [1.54, 1.807) is 0 Å². The summed E-state index contributed by atoms with van der Waals surface area (Å²) < 4.78 is 19.7. The summed E-state index contributed by atoms with van der Waals surface area (Å²) in [6.07, 6.45) is 13.6. The van der Waals surface area contributed by atoms with Gasteiger partial charge in [-0.15, -0.1) is 0 Å². The van der Waals surface area contributed by atoms with Crippen molar-refractivity contribution in [1.82, 2.24) is 9.97 Å². The molecule has 2 unspecified atom stereocenters. The lowest BCUT2D eigenvalue weighted by Gasteiger charge is -2.16. The van der Waals surface area contributed by atoms with E-state index in [9.17, 15) is 4.39 Å². The number of hydrogen-bond acceptors (Lipinski definition) is 3. The zero-order valence-corrected chi connectivity index (χ0v) is 18.4. The zero-order chi connectivity index (χ0) is 20.9. The van der Waals surface area contributed by atoms with Gasteiger partial charge >= 0.3 is 0 Å². The molecule has 3 nitrogen and oxygen atoms in total. The fourth-order valence-corrected chi connectivity index (χ4v) is 3.42. The topological polar surface area (TPSA) is 35.0 Å². The summed E-state index contributed by atoms with van der Waals surface area (Å²) >= 11 is 0. The first kappa shape index (κ1) is 23.3. The Kier molecular flexibility index (Phi) is 10.7. The van der Waals surface area contributed by atoms with Crippen LogP contribution in [0.1, 0.15) is 77.7 Å². The van der Waals surface area contributed by atoms with Gasteiger partial charge in [-0.1, -0.05) is 59.3 Å². The summed E-state index contributed by atoms with van der Waals surface area (Å²) in [6.45, 7) is 6.36. The predicted molar refractivity (Wildman–Crippen MR) is 119 cm³/mol. The van der Waals surface area contributed by atoms with Crippen LogP contribution in [0, 0.1) is 5.92 Å². The molecule has 2 aromatic rings. The average Bonchev–Trinajstić information content (AvgIpc) is 2.75. The number of rotatable bonds is 14. The summed E-state index contributed by atoms with van der Waals surface area (Å²) in [4.78, 5) is 9.03. The summed E-state index contributed by atoms with van der Waals surface area (Å²) in [5, 5.41) is 0. The maximum absolute atomic E-state index is 14.1. The molecule has 0 fully saturated rings. The van der Waals surface area contributed by atoms with Crippen molar-refractivity contribution in [3.05, 3.63) is 42.2 Å². The Morgan fingerprint density at radius 2 is 1.55 bits per heavy atom. The van der Waals surface area contributed by atoms with E-state index in [0.29, 0.717) is 11.6 Å². The van der Waals surface area contributed by atoms with E-state index >= 15 is 0 Å². The molecule has 2 atom stereocenters. The molecule has 29 heavy (non-hydrogen) atoms. The lowest BCUT2D eigenvalue weighted by molar-refractivity contribution is 0.142. The number of aromatic nitrogens is 2. The van der Waals surface area contributed by atoms with Crippen LogP contribution in [-0.4, -0.2) is 22.7 Å². The number of ether oxygens (including phenoxy) is 1. The molecule has 0 aliphatic rings. The maximum atomic E-state index is 14.1. The van der Waals surface area contributed by atoms with Crippen LogP contribution < -0.4 is 4.74 Å². The van der Waals surface area contributed by atoms with Crippen LogP contribution in [0.5, 0.6) is 5.75 Å². The highest BCUT2D eigenvalue weighted by Crippen LogP contribution is 2.21. The molecule has 2 rings (SSSR count). The minimum atomic E-state index is -0.933. The van der Waals surface area contributed by atoms with Crippen molar-refractivity contribution in [3.8, 4) is 17.1 Å². The lowest BCUT2D eigenvalue weighted by atomic mass is 10.0. The van der Waals surface area contributed by atoms with Gasteiger partial charge in [0.1, 0.15) is 18.5 Å². The summed E-state index contributed by atoms with van der Waals surface area (Å²) in [5.41, 5.74) is 2.14. The Labute approximate surface area is 176 Å². The molecule has 1 heterocycles. The van der Waals surface area contributed by atoms with Gasteiger partial charge in [0, 0.05) is 18.0 Å². The third kappa shape index (κ3) is 8.51. The van der Waals surface area contributed by atoms with E-state index < -0.39 is 6.17 Å². The average molecular weight is 401 g/mol. The molecule has 0 saturated heterocycles. The van der Waals surface area contributed by atoms with Gasteiger partial charge in [-0.3, -0.25) is 0 Å². The van der Waals surface area contributed by atoms with Crippen molar-refractivity contribution in [2.24, 2.45) is 5.92 Å². The Morgan fingerprint density at radius 1 is 0.897 bits per heavy atom. The van der Waals surface area contributed by atoms with Crippen molar-refractivity contribution in [1.29, 1.82) is 0 Å². The lowest BCUT2D eigenvalue weighted by Crippen LogP contribution is -2.20. The van der Waals surface area contributed by atoms with Gasteiger partial charge in [0.2, 0.25) is 0 Å². The van der Waals surface area contributed by atoms with Gasteiger partial charge < -0.3 is 4.74 Å². The smallest absolute Gasteiger partial charge is 0.159 e. The molecule has 0 bridgehead atoms. The van der Waals surface area contributed by atoms with Crippen molar-refractivity contribution in [2.45, 2.75) is 84.7 Å². The number of nitrogens with zero attached hydrogens (tertiary/aromatic N) is 2. The van der Waals surface area contributed by atoms with Crippen LogP contribution in [-0.2, 0) is 6.42 Å². The third-order valence-electron chi connectivity index (χ3n) is 5.41. The molecule has 0 N–H and O–H groups in total. The largest absolute Gasteiger partial charge is 0.491 e. The molecule has 0 aliphatic carbocycles. The number of aryl methyl sites for hydroxylation is 1. The van der Waals surface area contributed by atoms with Gasteiger partial charge in [0.15, 0.2) is 5.82 Å². The van der Waals surface area contributed by atoms with Crippen molar-refractivity contribution < 1.29 is 9.13 Å². The highest BCUT2D eigenvalue weighted by atomic mass is 19.1. The highest BCUT2D eigenvalue weighted by molar-refractivity contribution is 5.55. The van der Waals surface area contributed by atoms with Gasteiger partial charge in [-0.25, -0.2) is 14.4 Å². The first-order valence-electron chi connectivity index (χ1n) is 11.3. The zero-order valence-electron chi connectivity index (χ0n) is 18.4. The quantitative estimate of drug-likeness (QED) is 0.314. The molecule has 4 heteroatoms. The van der Waals surface area contributed by atoms with E-state index in [1.807, 2.05) is 43.6 Å². The first-order chi connectivity index (χ1) is 14.1. The van der Waals surface area contributed by atoms with Crippen LogP contribution >= 0.6 is 0 Å². The molecule has 1 aromatic carbocycles. The summed E-state index contributed by atoms with van der Waals surface area (Å²) in [5.74, 6) is 1.42. The minimum Gasteiger partial charge on any atom is -0.491 e. The standard InChI is InChI=1S/C25H37FN2O/c1-4-6-7-8-9-10-12-21-17-27-25(28-18-21)22-13-15-23(16-14-22)29-19-24(26)20(3)11-5-2/h13-18,20,24H,4-12,19H2,1-3H3. The molecule has 0 amide bonds. The maximum Gasteiger partial charge on any atom is 0.159 e. The van der Waals surface area contributed by atoms with Crippen LogP contribution in [0.25, 0.3) is 11.4 Å². The predicted octanol–water partition coefficient (Wildman–Crippen LogP) is 7.20. The molecule has 160 valence electrons. The normalized spacial score (nSPS) is 13.2.